The third-order valence-corrected chi connectivity index (χ3v) is 3.10. The molecular formula is C14H20F3NO2. The molecule has 0 aliphatic heterocycles. The average molecular weight is 291 g/mol. The molecule has 0 heterocycles. The van der Waals surface area contributed by atoms with E-state index in [9.17, 15) is 13.2 Å². The number of rotatable bonds is 7. The highest BCUT2D eigenvalue weighted by Gasteiger charge is 2.31. The molecule has 1 aromatic rings. The predicted octanol–water partition coefficient (Wildman–Crippen LogP) is 3.18. The van der Waals surface area contributed by atoms with Gasteiger partial charge in [0.15, 0.2) is 0 Å². The van der Waals surface area contributed by atoms with Gasteiger partial charge >= 0.3 is 6.36 Å². The number of aliphatic hydroxyl groups excluding tert-OH is 1. The summed E-state index contributed by atoms with van der Waals surface area (Å²) in [6.45, 7) is 4.69. The zero-order chi connectivity index (χ0) is 15.2. The molecule has 0 spiro atoms. The average Bonchev–Trinajstić information content (AvgIpc) is 2.35. The lowest BCUT2D eigenvalue weighted by atomic mass is 9.88. The second-order valence-electron chi connectivity index (χ2n) is 4.80. The fourth-order valence-electron chi connectivity index (χ4n) is 1.98. The Labute approximate surface area is 116 Å². The minimum absolute atomic E-state index is 0.00594. The zero-order valence-corrected chi connectivity index (χ0v) is 11.6. The minimum Gasteiger partial charge on any atom is -0.406 e. The molecule has 20 heavy (non-hydrogen) atoms. The van der Waals surface area contributed by atoms with E-state index in [0.29, 0.717) is 6.42 Å². The van der Waals surface area contributed by atoms with Crippen molar-refractivity contribution >= 4 is 0 Å². The molecular weight excluding hydrogens is 271 g/mol. The van der Waals surface area contributed by atoms with Crippen LogP contribution < -0.4 is 10.1 Å². The summed E-state index contributed by atoms with van der Waals surface area (Å²) in [6.07, 6.45) is -3.28. The molecule has 6 heteroatoms. The predicted molar refractivity (Wildman–Crippen MR) is 70.5 cm³/mol. The zero-order valence-electron chi connectivity index (χ0n) is 11.6. The molecule has 1 aromatic carbocycles. The van der Waals surface area contributed by atoms with E-state index in [1.807, 2.05) is 13.8 Å². The number of hydrogen-bond acceptors (Lipinski definition) is 3. The summed E-state index contributed by atoms with van der Waals surface area (Å²) in [6, 6.07) is 5.73. The van der Waals surface area contributed by atoms with Crippen molar-refractivity contribution in [3.05, 3.63) is 29.8 Å². The van der Waals surface area contributed by atoms with Crippen molar-refractivity contribution < 1.29 is 23.0 Å². The molecule has 114 valence electrons. The summed E-state index contributed by atoms with van der Waals surface area (Å²) in [5, 5.41) is 12.5. The van der Waals surface area contributed by atoms with E-state index in [4.69, 9.17) is 5.11 Å². The van der Waals surface area contributed by atoms with Crippen LogP contribution >= 0.6 is 0 Å². The van der Waals surface area contributed by atoms with Crippen LogP contribution in [-0.2, 0) is 5.54 Å². The highest BCUT2D eigenvalue weighted by Crippen LogP contribution is 2.28. The SMILES string of the molecule is CCCNC(C)(CCO)c1ccc(OC(F)(F)F)cc1. The number of halogens is 3. The Morgan fingerprint density at radius 1 is 1.20 bits per heavy atom. The molecule has 1 atom stereocenters. The minimum atomic E-state index is -4.68. The largest absolute Gasteiger partial charge is 0.573 e. The van der Waals surface area contributed by atoms with Crippen LogP contribution in [-0.4, -0.2) is 24.6 Å². The fraction of sp³-hybridized carbons (Fsp3) is 0.571. The van der Waals surface area contributed by atoms with Crippen molar-refractivity contribution in [1.29, 1.82) is 0 Å². The van der Waals surface area contributed by atoms with E-state index in [0.717, 1.165) is 18.5 Å². The van der Waals surface area contributed by atoms with Gasteiger partial charge in [-0.1, -0.05) is 19.1 Å². The van der Waals surface area contributed by atoms with Gasteiger partial charge in [-0.25, -0.2) is 0 Å². The van der Waals surface area contributed by atoms with Gasteiger partial charge in [-0.2, -0.15) is 0 Å². The summed E-state index contributed by atoms with van der Waals surface area (Å²) in [5.41, 5.74) is 0.344. The number of benzene rings is 1. The van der Waals surface area contributed by atoms with Crippen LogP contribution in [0.5, 0.6) is 5.75 Å². The van der Waals surface area contributed by atoms with Crippen LogP contribution in [0, 0.1) is 0 Å². The summed E-state index contributed by atoms with van der Waals surface area (Å²) in [4.78, 5) is 0. The molecule has 0 fully saturated rings. The number of ether oxygens (including phenoxy) is 1. The maximum atomic E-state index is 12.1. The van der Waals surface area contributed by atoms with Crippen LogP contribution in [0.3, 0.4) is 0 Å². The molecule has 0 bridgehead atoms. The van der Waals surface area contributed by atoms with Crippen molar-refractivity contribution in [2.45, 2.75) is 38.6 Å². The van der Waals surface area contributed by atoms with Crippen LogP contribution in [0.2, 0.25) is 0 Å². The van der Waals surface area contributed by atoms with Gasteiger partial charge in [0.2, 0.25) is 0 Å². The Morgan fingerprint density at radius 3 is 2.25 bits per heavy atom. The van der Waals surface area contributed by atoms with Gasteiger partial charge in [0.25, 0.3) is 0 Å². The molecule has 0 aliphatic carbocycles. The molecule has 1 rings (SSSR count). The summed E-state index contributed by atoms with van der Waals surface area (Å²) in [7, 11) is 0. The molecule has 1 unspecified atom stereocenters. The number of aliphatic hydroxyl groups is 1. The van der Waals surface area contributed by atoms with Gasteiger partial charge in [-0.05, 0) is 44.0 Å². The first-order chi connectivity index (χ1) is 9.30. The lowest BCUT2D eigenvalue weighted by Crippen LogP contribution is -2.40. The van der Waals surface area contributed by atoms with E-state index in [2.05, 4.69) is 10.1 Å². The van der Waals surface area contributed by atoms with E-state index in [1.54, 1.807) is 12.1 Å². The van der Waals surface area contributed by atoms with Gasteiger partial charge in [0.05, 0.1) is 0 Å². The quantitative estimate of drug-likeness (QED) is 0.810. The molecule has 2 N–H and O–H groups in total. The molecule has 0 aliphatic rings. The summed E-state index contributed by atoms with van der Waals surface area (Å²) >= 11 is 0. The molecule has 3 nitrogen and oxygen atoms in total. The van der Waals surface area contributed by atoms with E-state index >= 15 is 0 Å². The smallest absolute Gasteiger partial charge is 0.406 e. The van der Waals surface area contributed by atoms with Crippen molar-refractivity contribution in [3.63, 3.8) is 0 Å². The van der Waals surface area contributed by atoms with Crippen molar-refractivity contribution in [2.24, 2.45) is 0 Å². The lowest BCUT2D eigenvalue weighted by Gasteiger charge is -2.31. The lowest BCUT2D eigenvalue weighted by molar-refractivity contribution is -0.274. The van der Waals surface area contributed by atoms with Gasteiger partial charge in [-0.3, -0.25) is 0 Å². The van der Waals surface area contributed by atoms with Crippen LogP contribution in [0.15, 0.2) is 24.3 Å². The fourth-order valence-corrected chi connectivity index (χ4v) is 1.98. The third-order valence-electron chi connectivity index (χ3n) is 3.10. The van der Waals surface area contributed by atoms with Crippen LogP contribution in [0.1, 0.15) is 32.3 Å². The first-order valence-electron chi connectivity index (χ1n) is 6.53. The first-order valence-corrected chi connectivity index (χ1v) is 6.53. The molecule has 0 saturated heterocycles. The molecule has 0 amide bonds. The van der Waals surface area contributed by atoms with E-state index in [-0.39, 0.29) is 12.4 Å². The summed E-state index contributed by atoms with van der Waals surface area (Å²) in [5.74, 6) is -0.247. The van der Waals surface area contributed by atoms with Gasteiger partial charge in [0.1, 0.15) is 5.75 Å². The van der Waals surface area contributed by atoms with E-state index in [1.165, 1.54) is 12.1 Å². The molecule has 0 aromatic heterocycles. The monoisotopic (exact) mass is 291 g/mol. The molecule has 0 saturated carbocycles. The standard InChI is InChI=1S/C14H20F3NO2/c1-3-9-18-13(2,8-10-19)11-4-6-12(7-5-11)20-14(15,16)17/h4-7,18-19H,3,8-10H2,1-2H3. The second-order valence-corrected chi connectivity index (χ2v) is 4.80. The van der Waals surface area contributed by atoms with Gasteiger partial charge in [-0.15, -0.1) is 13.2 Å². The Morgan fingerprint density at radius 2 is 1.80 bits per heavy atom. The normalized spacial score (nSPS) is 14.9. The highest BCUT2D eigenvalue weighted by molar-refractivity contribution is 5.31. The number of hydrogen-bond donors (Lipinski definition) is 2. The van der Waals surface area contributed by atoms with Crippen molar-refractivity contribution in [1.82, 2.24) is 5.32 Å². The first kappa shape index (κ1) is 16.8. The summed E-state index contributed by atoms with van der Waals surface area (Å²) < 4.78 is 40.1. The topological polar surface area (TPSA) is 41.5 Å². The van der Waals surface area contributed by atoms with Gasteiger partial charge < -0.3 is 15.2 Å². The Hall–Kier alpha value is -1.27. The van der Waals surface area contributed by atoms with Crippen LogP contribution in [0.4, 0.5) is 13.2 Å². The maximum Gasteiger partial charge on any atom is 0.573 e. The van der Waals surface area contributed by atoms with Crippen molar-refractivity contribution in [2.75, 3.05) is 13.2 Å². The van der Waals surface area contributed by atoms with Crippen LogP contribution in [0.25, 0.3) is 0 Å². The van der Waals surface area contributed by atoms with Gasteiger partial charge in [0, 0.05) is 12.1 Å². The number of nitrogens with one attached hydrogen (secondary N) is 1. The van der Waals surface area contributed by atoms with Crippen molar-refractivity contribution in [3.8, 4) is 5.75 Å². The Kier molecular flexibility index (Phi) is 5.83. The van der Waals surface area contributed by atoms with E-state index < -0.39 is 11.9 Å². The number of alkyl halides is 3. The highest BCUT2D eigenvalue weighted by atomic mass is 19.4. The molecule has 0 radical (unpaired) electrons. The Balaban J connectivity index is 2.87. The Bertz CT molecular complexity index is 406. The third kappa shape index (κ3) is 5.02. The maximum absolute atomic E-state index is 12.1. The second kappa shape index (κ2) is 6.95.